The van der Waals surface area contributed by atoms with E-state index >= 15 is 0 Å². The van der Waals surface area contributed by atoms with Crippen LogP contribution < -0.4 is 11.1 Å². The normalized spacial score (nSPS) is 15.2. The molecule has 1 fully saturated rings. The van der Waals surface area contributed by atoms with Gasteiger partial charge < -0.3 is 20.7 Å². The van der Waals surface area contributed by atoms with E-state index in [-0.39, 0.29) is 35.9 Å². The maximum Gasteiger partial charge on any atom is 0.309 e. The number of nitrogens with one attached hydrogen (secondary N) is 1. The molecule has 3 N–H and O–H groups in total. The number of benzene rings is 1. The second-order valence-electron chi connectivity index (χ2n) is 5.98. The highest BCUT2D eigenvalue weighted by Gasteiger charge is 2.27. The average molecular weight is 474 g/mol. The van der Waals surface area contributed by atoms with Crippen LogP contribution in [-0.2, 0) is 16.1 Å². The molecule has 26 heavy (non-hydrogen) atoms. The average Bonchev–Trinajstić information content (AvgIpc) is 2.63. The summed E-state index contributed by atoms with van der Waals surface area (Å²) in [5, 5.41) is 3.32. The zero-order valence-electron chi connectivity index (χ0n) is 15.2. The molecule has 1 saturated heterocycles. The van der Waals surface area contributed by atoms with Gasteiger partial charge in [-0.3, -0.25) is 14.6 Å². The summed E-state index contributed by atoms with van der Waals surface area (Å²) >= 11 is 0. The molecule has 144 valence electrons. The third kappa shape index (κ3) is 6.15. The number of guanidine groups is 1. The van der Waals surface area contributed by atoms with Gasteiger partial charge in [0.15, 0.2) is 5.96 Å². The van der Waals surface area contributed by atoms with E-state index in [1.807, 2.05) is 19.1 Å². The first-order chi connectivity index (χ1) is 12.0. The lowest BCUT2D eigenvalue weighted by molar-refractivity contribution is -0.149. The summed E-state index contributed by atoms with van der Waals surface area (Å²) in [7, 11) is 1.75. The fraction of sp³-hybridized carbons (Fsp3) is 0.500. The van der Waals surface area contributed by atoms with Crippen molar-refractivity contribution in [3.8, 4) is 0 Å². The second-order valence-corrected chi connectivity index (χ2v) is 5.98. The van der Waals surface area contributed by atoms with E-state index in [1.54, 1.807) is 19.2 Å². The number of carbonyl (C=O) groups is 2. The first kappa shape index (κ1) is 22.2. The van der Waals surface area contributed by atoms with Crippen molar-refractivity contribution in [2.24, 2.45) is 16.6 Å². The number of esters is 1. The minimum atomic E-state index is -0.431. The van der Waals surface area contributed by atoms with Crippen LogP contribution in [0, 0.1) is 5.92 Å². The molecule has 0 atom stereocenters. The minimum Gasteiger partial charge on any atom is -0.466 e. The fourth-order valence-electron chi connectivity index (χ4n) is 2.89. The summed E-state index contributed by atoms with van der Waals surface area (Å²) in [6.45, 7) is 4.39. The van der Waals surface area contributed by atoms with Crippen LogP contribution >= 0.6 is 24.0 Å². The number of nitrogens with two attached hydrogens (primary N) is 1. The Kier molecular flexibility index (Phi) is 9.39. The van der Waals surface area contributed by atoms with Crippen molar-refractivity contribution >= 4 is 41.8 Å². The van der Waals surface area contributed by atoms with Gasteiger partial charge in [0.1, 0.15) is 0 Å². The van der Waals surface area contributed by atoms with Crippen molar-refractivity contribution in [1.29, 1.82) is 0 Å². The molecule has 0 saturated carbocycles. The smallest absolute Gasteiger partial charge is 0.309 e. The van der Waals surface area contributed by atoms with E-state index in [2.05, 4.69) is 15.2 Å². The van der Waals surface area contributed by atoms with E-state index in [1.165, 1.54) is 0 Å². The maximum absolute atomic E-state index is 11.8. The third-order valence-electron chi connectivity index (χ3n) is 4.32. The molecule has 2 rings (SSSR count). The van der Waals surface area contributed by atoms with Gasteiger partial charge in [-0.05, 0) is 37.5 Å². The van der Waals surface area contributed by atoms with Crippen LogP contribution in [0.5, 0.6) is 0 Å². The quantitative estimate of drug-likeness (QED) is 0.294. The van der Waals surface area contributed by atoms with Gasteiger partial charge in [0.05, 0.1) is 12.5 Å². The van der Waals surface area contributed by atoms with Gasteiger partial charge in [0, 0.05) is 32.2 Å². The number of likely N-dealkylation sites (tertiary alicyclic amines) is 1. The lowest BCUT2D eigenvalue weighted by Gasteiger charge is -2.33. The summed E-state index contributed by atoms with van der Waals surface area (Å²) in [4.78, 5) is 29.4. The van der Waals surface area contributed by atoms with Crippen LogP contribution in [0.2, 0.25) is 0 Å². The third-order valence-corrected chi connectivity index (χ3v) is 4.32. The molecule has 1 aromatic rings. The Morgan fingerprint density at radius 2 is 1.88 bits per heavy atom. The summed E-state index contributed by atoms with van der Waals surface area (Å²) in [5.41, 5.74) is 6.77. The summed E-state index contributed by atoms with van der Waals surface area (Å²) in [6, 6.07) is 7.17. The largest absolute Gasteiger partial charge is 0.466 e. The highest BCUT2D eigenvalue weighted by atomic mass is 127. The van der Waals surface area contributed by atoms with Crippen molar-refractivity contribution in [3.63, 3.8) is 0 Å². The monoisotopic (exact) mass is 474 g/mol. The fourth-order valence-corrected chi connectivity index (χ4v) is 2.89. The topological polar surface area (TPSA) is 97.0 Å². The molecule has 1 aliphatic heterocycles. The highest BCUT2D eigenvalue weighted by Crippen LogP contribution is 2.18. The molecule has 0 aliphatic carbocycles. The number of piperidine rings is 1. The Bertz CT molecular complexity index is 626. The molecule has 1 heterocycles. The van der Waals surface area contributed by atoms with Crippen LogP contribution in [0.15, 0.2) is 29.3 Å². The van der Waals surface area contributed by atoms with Gasteiger partial charge >= 0.3 is 5.97 Å². The van der Waals surface area contributed by atoms with Crippen LogP contribution in [0.4, 0.5) is 0 Å². The van der Waals surface area contributed by atoms with E-state index in [0.717, 1.165) is 37.5 Å². The van der Waals surface area contributed by atoms with Crippen molar-refractivity contribution in [1.82, 2.24) is 10.2 Å². The molecule has 1 aromatic carbocycles. The number of halogens is 1. The minimum absolute atomic E-state index is 0. The van der Waals surface area contributed by atoms with E-state index < -0.39 is 5.91 Å². The molecular weight excluding hydrogens is 447 g/mol. The zero-order valence-corrected chi connectivity index (χ0v) is 17.6. The second kappa shape index (κ2) is 11.0. The van der Waals surface area contributed by atoms with Gasteiger partial charge in [-0.15, -0.1) is 24.0 Å². The van der Waals surface area contributed by atoms with E-state index in [9.17, 15) is 9.59 Å². The number of nitrogens with zero attached hydrogens (tertiary/aromatic N) is 2. The Balaban J connectivity index is 0.00000338. The number of hydrogen-bond acceptors (Lipinski definition) is 4. The number of aliphatic imine (C=N–C) groups is 1. The number of amides is 1. The highest BCUT2D eigenvalue weighted by molar-refractivity contribution is 14.0. The number of carbonyl (C=O) groups excluding carboxylic acids is 2. The molecule has 7 nitrogen and oxygen atoms in total. The molecular formula is C18H27IN4O3. The number of hydrogen-bond donors (Lipinski definition) is 2. The number of rotatable bonds is 5. The first-order valence-electron chi connectivity index (χ1n) is 8.56. The molecule has 0 aromatic heterocycles. The van der Waals surface area contributed by atoms with Crippen LogP contribution in [0.3, 0.4) is 0 Å². The predicted molar refractivity (Wildman–Crippen MR) is 112 cm³/mol. The molecule has 0 spiro atoms. The number of primary amides is 1. The van der Waals surface area contributed by atoms with Gasteiger partial charge in [0.25, 0.3) is 0 Å². The van der Waals surface area contributed by atoms with Gasteiger partial charge in [-0.25, -0.2) is 0 Å². The van der Waals surface area contributed by atoms with Crippen molar-refractivity contribution < 1.29 is 14.3 Å². The summed E-state index contributed by atoms with van der Waals surface area (Å²) < 4.78 is 5.10. The number of ether oxygens (including phenoxy) is 1. The first-order valence-corrected chi connectivity index (χ1v) is 8.56. The molecule has 1 amide bonds. The Morgan fingerprint density at radius 3 is 2.38 bits per heavy atom. The molecule has 0 radical (unpaired) electrons. The van der Waals surface area contributed by atoms with E-state index in [0.29, 0.717) is 18.7 Å². The van der Waals surface area contributed by atoms with Crippen molar-refractivity contribution in [2.75, 3.05) is 26.7 Å². The summed E-state index contributed by atoms with van der Waals surface area (Å²) in [5.74, 6) is 0.261. The van der Waals surface area contributed by atoms with Crippen LogP contribution in [0.1, 0.15) is 35.7 Å². The maximum atomic E-state index is 11.8. The zero-order chi connectivity index (χ0) is 18.2. The standard InChI is InChI=1S/C18H26N4O3.HI/c1-3-25-17(24)15-8-10-22(11-9-15)18(20-2)21-12-13-4-6-14(7-5-13)16(19)23;/h4-7,15H,3,8-12H2,1-2H3,(H2,19,23)(H,20,21);1H. The molecule has 1 aliphatic rings. The van der Waals surface area contributed by atoms with Crippen molar-refractivity contribution in [3.05, 3.63) is 35.4 Å². The molecule has 8 heteroatoms. The SMILES string of the molecule is CCOC(=O)C1CCN(C(=NC)NCc2ccc(C(N)=O)cc2)CC1.I. The molecule has 0 unspecified atom stereocenters. The Hall–Kier alpha value is -1.84. The van der Waals surface area contributed by atoms with Gasteiger partial charge in [-0.2, -0.15) is 0 Å². The van der Waals surface area contributed by atoms with Crippen molar-refractivity contribution in [2.45, 2.75) is 26.3 Å². The lowest BCUT2D eigenvalue weighted by atomic mass is 9.97. The van der Waals surface area contributed by atoms with Gasteiger partial charge in [0.2, 0.25) is 5.91 Å². The van der Waals surface area contributed by atoms with Crippen LogP contribution in [-0.4, -0.2) is 49.5 Å². The summed E-state index contributed by atoms with van der Waals surface area (Å²) in [6.07, 6.45) is 1.54. The Labute approximate surface area is 171 Å². The Morgan fingerprint density at radius 1 is 1.27 bits per heavy atom. The lowest BCUT2D eigenvalue weighted by Crippen LogP contribution is -2.46. The predicted octanol–water partition coefficient (Wildman–Crippen LogP) is 1.75. The van der Waals surface area contributed by atoms with Gasteiger partial charge in [-0.1, -0.05) is 12.1 Å². The molecule has 0 bridgehead atoms. The van der Waals surface area contributed by atoms with E-state index in [4.69, 9.17) is 10.5 Å². The van der Waals surface area contributed by atoms with Crippen LogP contribution in [0.25, 0.3) is 0 Å².